The van der Waals surface area contributed by atoms with Gasteiger partial charge in [-0.1, -0.05) is 15.9 Å². The fourth-order valence-electron chi connectivity index (χ4n) is 2.02. The summed E-state index contributed by atoms with van der Waals surface area (Å²) < 4.78 is 18.9. The Labute approximate surface area is 124 Å². The minimum atomic E-state index is -0.593. The number of carbonyl (C=O) groups excluding carboxylic acids is 2. The zero-order chi connectivity index (χ0) is 14.7. The van der Waals surface area contributed by atoms with Crippen molar-refractivity contribution in [1.29, 1.82) is 0 Å². The van der Waals surface area contributed by atoms with Gasteiger partial charge in [-0.3, -0.25) is 9.59 Å². The predicted octanol–water partition coefficient (Wildman–Crippen LogP) is 2.66. The van der Waals surface area contributed by atoms with Crippen LogP contribution in [0.5, 0.6) is 0 Å². The molecular weight excluding hydrogens is 329 g/mol. The number of halogens is 2. The van der Waals surface area contributed by atoms with Crippen molar-refractivity contribution >= 4 is 27.8 Å². The maximum Gasteiger partial charge on any atom is 0.307 e. The summed E-state index contributed by atoms with van der Waals surface area (Å²) in [5, 5.41) is 2.73. The first-order chi connectivity index (χ1) is 9.51. The van der Waals surface area contributed by atoms with Crippen LogP contribution in [0.4, 0.5) is 4.39 Å². The molecule has 0 aromatic heterocycles. The van der Waals surface area contributed by atoms with Crippen molar-refractivity contribution in [2.75, 3.05) is 7.11 Å². The normalized spacial score (nSPS) is 15.6. The molecule has 108 valence electrons. The Balaban J connectivity index is 2.06. The van der Waals surface area contributed by atoms with Crippen LogP contribution in [-0.4, -0.2) is 25.0 Å². The van der Waals surface area contributed by atoms with Crippen LogP contribution in [0.2, 0.25) is 0 Å². The summed E-state index contributed by atoms with van der Waals surface area (Å²) in [6.07, 6.45) is 2.04. The number of amides is 1. The first-order valence-corrected chi connectivity index (χ1v) is 7.13. The number of nitrogens with one attached hydrogen (secondary N) is 1. The van der Waals surface area contributed by atoms with E-state index in [0.29, 0.717) is 4.47 Å². The molecular formula is C14H15BrFNO3. The van der Waals surface area contributed by atoms with Crippen molar-refractivity contribution in [1.82, 2.24) is 5.32 Å². The van der Waals surface area contributed by atoms with Gasteiger partial charge in [-0.05, 0) is 37.0 Å². The monoisotopic (exact) mass is 343 g/mol. The summed E-state index contributed by atoms with van der Waals surface area (Å²) in [6.45, 7) is 0. The quantitative estimate of drug-likeness (QED) is 0.836. The lowest BCUT2D eigenvalue weighted by atomic mass is 10.1. The average molecular weight is 344 g/mol. The van der Waals surface area contributed by atoms with Gasteiger partial charge in [-0.15, -0.1) is 0 Å². The third kappa shape index (κ3) is 3.79. The van der Waals surface area contributed by atoms with E-state index in [0.717, 1.165) is 12.8 Å². The average Bonchev–Trinajstić information content (AvgIpc) is 3.21. The van der Waals surface area contributed by atoms with Crippen molar-refractivity contribution in [3.05, 3.63) is 34.1 Å². The first-order valence-electron chi connectivity index (χ1n) is 6.34. The molecule has 1 atom stereocenters. The Morgan fingerprint density at radius 2 is 2.20 bits per heavy atom. The molecule has 1 aromatic carbocycles. The smallest absolute Gasteiger partial charge is 0.307 e. The fourth-order valence-corrected chi connectivity index (χ4v) is 2.35. The molecule has 1 N–H and O–H groups in total. The van der Waals surface area contributed by atoms with Gasteiger partial charge in [0.1, 0.15) is 5.82 Å². The number of esters is 1. The summed E-state index contributed by atoms with van der Waals surface area (Å²) in [5.74, 6) is -1.20. The van der Waals surface area contributed by atoms with E-state index in [9.17, 15) is 14.0 Å². The molecule has 1 unspecified atom stereocenters. The van der Waals surface area contributed by atoms with Gasteiger partial charge >= 0.3 is 5.97 Å². The Morgan fingerprint density at radius 1 is 1.50 bits per heavy atom. The van der Waals surface area contributed by atoms with E-state index >= 15 is 0 Å². The molecule has 20 heavy (non-hydrogen) atoms. The maximum atomic E-state index is 13.7. The highest BCUT2D eigenvalue weighted by atomic mass is 79.9. The second-order valence-electron chi connectivity index (χ2n) is 4.82. The maximum absolute atomic E-state index is 13.7. The zero-order valence-corrected chi connectivity index (χ0v) is 12.6. The number of carbonyl (C=O) groups is 2. The van der Waals surface area contributed by atoms with E-state index in [1.807, 2.05) is 0 Å². The number of rotatable bonds is 5. The van der Waals surface area contributed by atoms with Gasteiger partial charge < -0.3 is 10.1 Å². The zero-order valence-electron chi connectivity index (χ0n) is 11.0. The van der Waals surface area contributed by atoms with E-state index < -0.39 is 11.7 Å². The molecule has 0 aliphatic heterocycles. The van der Waals surface area contributed by atoms with Gasteiger partial charge in [0.05, 0.1) is 19.1 Å². The van der Waals surface area contributed by atoms with Crippen LogP contribution in [0.15, 0.2) is 22.7 Å². The second-order valence-corrected chi connectivity index (χ2v) is 5.74. The molecule has 0 bridgehead atoms. The van der Waals surface area contributed by atoms with E-state index in [4.69, 9.17) is 0 Å². The van der Waals surface area contributed by atoms with Crippen LogP contribution in [0.25, 0.3) is 0 Å². The van der Waals surface area contributed by atoms with Gasteiger partial charge in [-0.25, -0.2) is 4.39 Å². The molecule has 1 fully saturated rings. The summed E-state index contributed by atoms with van der Waals surface area (Å²) in [7, 11) is 1.31. The van der Waals surface area contributed by atoms with Crippen LogP contribution in [-0.2, 0) is 9.53 Å². The molecule has 0 saturated heterocycles. The lowest BCUT2D eigenvalue weighted by Crippen LogP contribution is -2.38. The van der Waals surface area contributed by atoms with E-state index in [1.54, 1.807) is 6.07 Å². The molecule has 0 radical (unpaired) electrons. The molecule has 1 amide bonds. The number of hydrogen-bond donors (Lipinski definition) is 1. The molecule has 0 spiro atoms. The van der Waals surface area contributed by atoms with Crippen molar-refractivity contribution in [3.63, 3.8) is 0 Å². The minimum absolute atomic E-state index is 0.0243. The first kappa shape index (κ1) is 15.0. The number of hydrogen-bond acceptors (Lipinski definition) is 3. The Morgan fingerprint density at radius 3 is 2.75 bits per heavy atom. The standard InChI is InChI=1S/C14H15BrFNO3/c1-20-13(18)7-12(8-2-3-8)17-14(19)10-5-4-9(15)6-11(10)16/h4-6,8,12H,2-3,7H2,1H3,(H,17,19). The molecule has 1 aliphatic carbocycles. The molecule has 1 saturated carbocycles. The lowest BCUT2D eigenvalue weighted by Gasteiger charge is -2.17. The van der Waals surface area contributed by atoms with Gasteiger partial charge in [0.25, 0.3) is 5.91 Å². The topological polar surface area (TPSA) is 55.4 Å². The molecule has 1 aromatic rings. The van der Waals surface area contributed by atoms with E-state index in [-0.39, 0.29) is 29.9 Å². The van der Waals surface area contributed by atoms with E-state index in [2.05, 4.69) is 26.0 Å². The number of benzene rings is 1. The highest BCUT2D eigenvalue weighted by molar-refractivity contribution is 9.10. The summed E-state index contributed by atoms with van der Waals surface area (Å²) >= 11 is 3.14. The molecule has 2 rings (SSSR count). The Kier molecular flexibility index (Phi) is 4.75. The highest BCUT2D eigenvalue weighted by Crippen LogP contribution is 2.34. The molecule has 1 aliphatic rings. The van der Waals surface area contributed by atoms with Crippen molar-refractivity contribution < 1.29 is 18.7 Å². The van der Waals surface area contributed by atoms with Crippen LogP contribution in [0.1, 0.15) is 29.6 Å². The molecule has 4 nitrogen and oxygen atoms in total. The lowest BCUT2D eigenvalue weighted by molar-refractivity contribution is -0.141. The highest BCUT2D eigenvalue weighted by Gasteiger charge is 2.34. The van der Waals surface area contributed by atoms with Gasteiger partial charge in [-0.2, -0.15) is 0 Å². The fraction of sp³-hybridized carbons (Fsp3) is 0.429. The van der Waals surface area contributed by atoms with Crippen molar-refractivity contribution in [3.8, 4) is 0 Å². The third-order valence-corrected chi connectivity index (χ3v) is 3.79. The van der Waals surface area contributed by atoms with Crippen LogP contribution >= 0.6 is 15.9 Å². The Bertz CT molecular complexity index is 531. The Hall–Kier alpha value is -1.43. The van der Waals surface area contributed by atoms with Crippen molar-refractivity contribution in [2.45, 2.75) is 25.3 Å². The molecule has 0 heterocycles. The summed E-state index contributed by atoms with van der Waals surface area (Å²) in [5.41, 5.74) is -0.0243. The van der Waals surface area contributed by atoms with Crippen LogP contribution in [0.3, 0.4) is 0 Å². The predicted molar refractivity (Wildman–Crippen MR) is 74.7 cm³/mol. The summed E-state index contributed by atoms with van der Waals surface area (Å²) in [4.78, 5) is 23.4. The van der Waals surface area contributed by atoms with Crippen LogP contribution < -0.4 is 5.32 Å². The minimum Gasteiger partial charge on any atom is -0.469 e. The summed E-state index contributed by atoms with van der Waals surface area (Å²) in [6, 6.07) is 3.96. The van der Waals surface area contributed by atoms with Gasteiger partial charge in [0, 0.05) is 10.5 Å². The second kappa shape index (κ2) is 6.35. The number of methoxy groups -OCH3 is 1. The SMILES string of the molecule is COC(=O)CC(NC(=O)c1ccc(Br)cc1F)C1CC1. The third-order valence-electron chi connectivity index (χ3n) is 3.30. The largest absolute Gasteiger partial charge is 0.469 e. The van der Waals surface area contributed by atoms with Gasteiger partial charge in [0.2, 0.25) is 0 Å². The van der Waals surface area contributed by atoms with Crippen LogP contribution in [0, 0.1) is 11.7 Å². The van der Waals surface area contributed by atoms with Crippen molar-refractivity contribution in [2.24, 2.45) is 5.92 Å². The number of ether oxygens (including phenoxy) is 1. The van der Waals surface area contributed by atoms with Gasteiger partial charge in [0.15, 0.2) is 0 Å². The van der Waals surface area contributed by atoms with E-state index in [1.165, 1.54) is 19.2 Å². The molecule has 6 heteroatoms.